The summed E-state index contributed by atoms with van der Waals surface area (Å²) < 4.78 is 0. The summed E-state index contributed by atoms with van der Waals surface area (Å²) in [6.45, 7) is 8.21. The summed E-state index contributed by atoms with van der Waals surface area (Å²) in [6, 6.07) is 0.530. The van der Waals surface area contributed by atoms with Gasteiger partial charge in [-0.05, 0) is 37.6 Å². The molecular weight excluding hydrogens is 188 g/mol. The zero-order valence-corrected chi connectivity index (χ0v) is 10.2. The number of hydrogen-bond acceptors (Lipinski definition) is 2. The van der Waals surface area contributed by atoms with Crippen LogP contribution in [0.2, 0.25) is 0 Å². The Morgan fingerprint density at radius 3 is 2.60 bits per heavy atom. The molecule has 0 aromatic rings. The molecule has 1 saturated heterocycles. The largest absolute Gasteiger partial charge is 0.369 e. The van der Waals surface area contributed by atoms with Gasteiger partial charge in [-0.25, -0.2) is 0 Å². The van der Waals surface area contributed by atoms with E-state index in [-0.39, 0.29) is 5.91 Å². The molecule has 0 unspecified atom stereocenters. The average molecular weight is 212 g/mol. The molecule has 3 heteroatoms. The topological polar surface area (TPSA) is 46.3 Å². The fourth-order valence-corrected chi connectivity index (χ4v) is 2.49. The highest BCUT2D eigenvalue weighted by atomic mass is 16.1. The number of carbonyl (C=O) groups is 1. The average Bonchev–Trinajstić information content (AvgIpc) is 2.28. The van der Waals surface area contributed by atoms with Gasteiger partial charge in [-0.15, -0.1) is 0 Å². The maximum absolute atomic E-state index is 11.0. The number of rotatable bonds is 3. The maximum Gasteiger partial charge on any atom is 0.231 e. The van der Waals surface area contributed by atoms with Crippen LogP contribution in [0.15, 0.2) is 0 Å². The van der Waals surface area contributed by atoms with Crippen molar-refractivity contribution < 1.29 is 4.79 Å². The van der Waals surface area contributed by atoms with E-state index >= 15 is 0 Å². The van der Waals surface area contributed by atoms with Crippen LogP contribution in [0, 0.1) is 11.8 Å². The predicted octanol–water partition coefficient (Wildman–Crippen LogP) is 1.62. The van der Waals surface area contributed by atoms with Crippen molar-refractivity contribution in [2.75, 3.05) is 13.1 Å². The third-order valence-corrected chi connectivity index (χ3v) is 3.46. The molecule has 1 fully saturated rings. The first kappa shape index (κ1) is 12.5. The van der Waals surface area contributed by atoms with Crippen LogP contribution < -0.4 is 5.73 Å². The number of likely N-dealkylation sites (tertiary alicyclic amines) is 1. The van der Waals surface area contributed by atoms with Crippen molar-refractivity contribution in [1.29, 1.82) is 0 Å². The summed E-state index contributed by atoms with van der Waals surface area (Å²) in [5.74, 6) is 1.19. The molecule has 0 saturated carbocycles. The van der Waals surface area contributed by atoms with Gasteiger partial charge in [0, 0.05) is 6.04 Å². The molecule has 1 aliphatic rings. The minimum Gasteiger partial charge on any atom is -0.369 e. The van der Waals surface area contributed by atoms with Gasteiger partial charge in [0.2, 0.25) is 5.91 Å². The monoisotopic (exact) mass is 212 g/mol. The van der Waals surface area contributed by atoms with E-state index in [1.807, 2.05) is 0 Å². The highest BCUT2D eigenvalue weighted by Crippen LogP contribution is 2.25. The Hall–Kier alpha value is -0.570. The molecule has 88 valence electrons. The maximum atomic E-state index is 11.0. The Kier molecular flexibility index (Phi) is 4.58. The molecule has 15 heavy (non-hydrogen) atoms. The zero-order valence-electron chi connectivity index (χ0n) is 10.2. The van der Waals surface area contributed by atoms with E-state index in [9.17, 15) is 4.79 Å². The fourth-order valence-electron chi connectivity index (χ4n) is 2.49. The molecule has 0 aromatic carbocycles. The minimum atomic E-state index is -0.199. The molecular formula is C12H24N2O. The van der Waals surface area contributed by atoms with Crippen LogP contribution in [0.3, 0.4) is 0 Å². The van der Waals surface area contributed by atoms with Gasteiger partial charge in [-0.3, -0.25) is 9.69 Å². The van der Waals surface area contributed by atoms with E-state index in [4.69, 9.17) is 5.73 Å². The SMILES string of the molecule is CC(C)[C@@H]1CC[C@H](C)CCN1CC(N)=O. The first-order valence-electron chi connectivity index (χ1n) is 6.03. The lowest BCUT2D eigenvalue weighted by atomic mass is 9.95. The lowest BCUT2D eigenvalue weighted by Gasteiger charge is -2.31. The molecule has 3 nitrogen and oxygen atoms in total. The number of nitrogens with two attached hydrogens (primary N) is 1. The van der Waals surface area contributed by atoms with Crippen LogP contribution >= 0.6 is 0 Å². The lowest BCUT2D eigenvalue weighted by molar-refractivity contribution is -0.119. The smallest absolute Gasteiger partial charge is 0.231 e. The van der Waals surface area contributed by atoms with E-state index in [1.54, 1.807) is 0 Å². The highest BCUT2D eigenvalue weighted by molar-refractivity contribution is 5.75. The third kappa shape index (κ3) is 3.82. The molecule has 1 aliphatic heterocycles. The molecule has 1 amide bonds. The van der Waals surface area contributed by atoms with Crippen molar-refractivity contribution in [3.05, 3.63) is 0 Å². The van der Waals surface area contributed by atoms with Gasteiger partial charge >= 0.3 is 0 Å². The quantitative estimate of drug-likeness (QED) is 0.772. The molecule has 0 aliphatic carbocycles. The summed E-state index contributed by atoms with van der Waals surface area (Å²) in [7, 11) is 0. The van der Waals surface area contributed by atoms with Crippen molar-refractivity contribution >= 4 is 5.91 Å². The Bertz CT molecular complexity index is 216. The van der Waals surface area contributed by atoms with Crippen LogP contribution in [-0.4, -0.2) is 29.9 Å². The minimum absolute atomic E-state index is 0.199. The first-order valence-corrected chi connectivity index (χ1v) is 6.03. The van der Waals surface area contributed by atoms with Crippen molar-refractivity contribution in [3.8, 4) is 0 Å². The second-order valence-electron chi connectivity index (χ2n) is 5.22. The first-order chi connectivity index (χ1) is 7.00. The summed E-state index contributed by atoms with van der Waals surface area (Å²) in [6.07, 6.45) is 3.67. The van der Waals surface area contributed by atoms with Crippen LogP contribution in [0.4, 0.5) is 0 Å². The van der Waals surface area contributed by atoms with E-state index in [0.717, 1.165) is 12.5 Å². The summed E-state index contributed by atoms with van der Waals surface area (Å²) >= 11 is 0. The van der Waals surface area contributed by atoms with Gasteiger partial charge < -0.3 is 5.73 Å². The van der Waals surface area contributed by atoms with E-state index in [1.165, 1.54) is 19.3 Å². The van der Waals surface area contributed by atoms with Crippen LogP contribution in [-0.2, 0) is 4.79 Å². The standard InChI is InChI=1S/C12H24N2O/c1-9(2)11-5-4-10(3)6-7-14(11)8-12(13)15/h9-11H,4-8H2,1-3H3,(H2,13,15)/t10-,11-/m0/s1. The molecule has 1 rings (SSSR count). The number of nitrogens with zero attached hydrogens (tertiary/aromatic N) is 1. The number of amides is 1. The van der Waals surface area contributed by atoms with Gasteiger partial charge in [-0.2, -0.15) is 0 Å². The number of carbonyl (C=O) groups excluding carboxylic acids is 1. The summed E-state index contributed by atoms with van der Waals surface area (Å²) in [4.78, 5) is 13.3. The second kappa shape index (κ2) is 5.50. The Morgan fingerprint density at radius 2 is 2.07 bits per heavy atom. The fraction of sp³-hybridized carbons (Fsp3) is 0.917. The predicted molar refractivity (Wildman–Crippen MR) is 62.4 cm³/mol. The lowest BCUT2D eigenvalue weighted by Crippen LogP contribution is -2.43. The Balaban J connectivity index is 2.64. The Morgan fingerprint density at radius 1 is 1.40 bits per heavy atom. The van der Waals surface area contributed by atoms with Gasteiger partial charge in [-0.1, -0.05) is 20.8 Å². The van der Waals surface area contributed by atoms with Crippen molar-refractivity contribution in [2.45, 2.75) is 46.1 Å². The van der Waals surface area contributed by atoms with Crippen LogP contribution in [0.5, 0.6) is 0 Å². The molecule has 2 N–H and O–H groups in total. The molecule has 0 bridgehead atoms. The molecule has 2 atom stereocenters. The molecule has 0 radical (unpaired) electrons. The highest BCUT2D eigenvalue weighted by Gasteiger charge is 2.26. The van der Waals surface area contributed by atoms with E-state index < -0.39 is 0 Å². The molecule has 1 heterocycles. The molecule has 0 aromatic heterocycles. The number of primary amides is 1. The van der Waals surface area contributed by atoms with Crippen LogP contribution in [0.25, 0.3) is 0 Å². The van der Waals surface area contributed by atoms with Crippen molar-refractivity contribution in [3.63, 3.8) is 0 Å². The van der Waals surface area contributed by atoms with Gasteiger partial charge in [0.05, 0.1) is 6.54 Å². The molecule has 0 spiro atoms. The van der Waals surface area contributed by atoms with Gasteiger partial charge in [0.25, 0.3) is 0 Å². The number of hydrogen-bond donors (Lipinski definition) is 1. The zero-order chi connectivity index (χ0) is 11.4. The normalized spacial score (nSPS) is 29.1. The van der Waals surface area contributed by atoms with Gasteiger partial charge in [0.1, 0.15) is 0 Å². The second-order valence-corrected chi connectivity index (χ2v) is 5.22. The summed E-state index contributed by atoms with van der Waals surface area (Å²) in [5.41, 5.74) is 5.29. The Labute approximate surface area is 93.0 Å². The van der Waals surface area contributed by atoms with Crippen molar-refractivity contribution in [2.24, 2.45) is 17.6 Å². The van der Waals surface area contributed by atoms with Crippen LogP contribution in [0.1, 0.15) is 40.0 Å². The van der Waals surface area contributed by atoms with E-state index in [2.05, 4.69) is 25.7 Å². The summed E-state index contributed by atoms with van der Waals surface area (Å²) in [5, 5.41) is 0. The van der Waals surface area contributed by atoms with Crippen molar-refractivity contribution in [1.82, 2.24) is 4.90 Å². The van der Waals surface area contributed by atoms with E-state index in [0.29, 0.717) is 18.5 Å². The van der Waals surface area contributed by atoms with Gasteiger partial charge in [0.15, 0.2) is 0 Å². The third-order valence-electron chi connectivity index (χ3n) is 3.46.